The molecule has 4 aromatic rings. The lowest BCUT2D eigenvalue weighted by Gasteiger charge is -2.26. The Morgan fingerprint density at radius 1 is 1.11 bits per heavy atom. The standard InChI is InChI=1S/C27H19ClN2O5/c1-32-21-11-6-15(12-16(21)14-33-18-9-7-17(28)8-10-18)23-20(13-29)26(30)35-25-19-4-2-3-5-22(19)34-27(31)24(23)25/h2-12,23H,14,30H2,1H3. The number of para-hydroxylation sites is 1. The molecule has 0 fully saturated rings. The number of halogens is 1. The highest BCUT2D eigenvalue weighted by molar-refractivity contribution is 6.30. The van der Waals surface area contributed by atoms with Crippen LogP contribution in [0.15, 0.2) is 87.4 Å². The highest BCUT2D eigenvalue weighted by atomic mass is 35.5. The van der Waals surface area contributed by atoms with Gasteiger partial charge in [-0.05, 0) is 54.1 Å². The van der Waals surface area contributed by atoms with Gasteiger partial charge in [0, 0.05) is 10.6 Å². The number of nitrogens with two attached hydrogens (primary N) is 1. The van der Waals surface area contributed by atoms with E-state index >= 15 is 0 Å². The Labute approximate surface area is 205 Å². The van der Waals surface area contributed by atoms with Crippen LogP contribution in [0.1, 0.15) is 22.6 Å². The molecule has 2 heterocycles. The number of rotatable bonds is 5. The maximum Gasteiger partial charge on any atom is 0.344 e. The SMILES string of the molecule is COc1ccc(C2C(C#N)=C(N)Oc3c2c(=O)oc2ccccc32)cc1COc1ccc(Cl)cc1. The fourth-order valence-electron chi connectivity index (χ4n) is 4.18. The minimum absolute atomic E-state index is 0.0597. The monoisotopic (exact) mass is 486 g/mol. The Hall–Kier alpha value is -4.41. The van der Waals surface area contributed by atoms with Crippen molar-refractivity contribution in [2.24, 2.45) is 5.73 Å². The third kappa shape index (κ3) is 4.05. The van der Waals surface area contributed by atoms with E-state index in [1.54, 1.807) is 67.8 Å². The van der Waals surface area contributed by atoms with Gasteiger partial charge in [-0.15, -0.1) is 0 Å². The molecule has 1 aliphatic rings. The van der Waals surface area contributed by atoms with Gasteiger partial charge in [-0.1, -0.05) is 29.8 Å². The molecule has 8 heteroatoms. The molecule has 1 aliphatic heterocycles. The molecular formula is C27H19ClN2O5. The van der Waals surface area contributed by atoms with Crippen LogP contribution >= 0.6 is 11.6 Å². The van der Waals surface area contributed by atoms with E-state index in [9.17, 15) is 10.1 Å². The highest BCUT2D eigenvalue weighted by Crippen LogP contribution is 2.44. The maximum atomic E-state index is 13.1. The van der Waals surface area contributed by atoms with Crippen molar-refractivity contribution < 1.29 is 18.6 Å². The maximum absolute atomic E-state index is 13.1. The smallest absolute Gasteiger partial charge is 0.344 e. The first-order valence-electron chi connectivity index (χ1n) is 10.7. The van der Waals surface area contributed by atoms with Gasteiger partial charge >= 0.3 is 5.63 Å². The van der Waals surface area contributed by atoms with Crippen LogP contribution in [0.2, 0.25) is 5.02 Å². The fourth-order valence-corrected chi connectivity index (χ4v) is 4.31. The summed E-state index contributed by atoms with van der Waals surface area (Å²) >= 11 is 5.95. The third-order valence-corrected chi connectivity index (χ3v) is 6.07. The Bertz CT molecular complexity index is 1570. The number of ether oxygens (including phenoxy) is 3. The normalized spacial score (nSPS) is 14.7. The molecule has 2 N–H and O–H groups in total. The number of benzene rings is 3. The molecule has 0 spiro atoms. The van der Waals surface area contributed by atoms with Gasteiger partial charge in [0.05, 0.1) is 24.0 Å². The van der Waals surface area contributed by atoms with Crippen molar-refractivity contribution in [3.63, 3.8) is 0 Å². The van der Waals surface area contributed by atoms with Crippen LogP contribution < -0.4 is 25.6 Å². The summed E-state index contributed by atoms with van der Waals surface area (Å²) in [6.07, 6.45) is 0. The molecule has 35 heavy (non-hydrogen) atoms. The average Bonchev–Trinajstić information content (AvgIpc) is 2.87. The zero-order valence-electron chi connectivity index (χ0n) is 18.6. The van der Waals surface area contributed by atoms with Gasteiger partial charge in [0.15, 0.2) is 5.75 Å². The lowest BCUT2D eigenvalue weighted by Crippen LogP contribution is -2.26. The Morgan fingerprint density at radius 2 is 1.89 bits per heavy atom. The van der Waals surface area contributed by atoms with E-state index < -0.39 is 11.5 Å². The largest absolute Gasteiger partial charge is 0.496 e. The van der Waals surface area contributed by atoms with Gasteiger partial charge in [0.1, 0.15) is 35.3 Å². The second-order valence-electron chi connectivity index (χ2n) is 7.87. The summed E-state index contributed by atoms with van der Waals surface area (Å²) in [5, 5.41) is 11.1. The van der Waals surface area contributed by atoms with Crippen LogP contribution in [-0.4, -0.2) is 7.11 Å². The van der Waals surface area contributed by atoms with Crippen molar-refractivity contribution in [1.29, 1.82) is 5.26 Å². The minimum Gasteiger partial charge on any atom is -0.496 e. The Morgan fingerprint density at radius 3 is 2.63 bits per heavy atom. The zero-order valence-corrected chi connectivity index (χ0v) is 19.3. The zero-order chi connectivity index (χ0) is 24.5. The minimum atomic E-state index is -0.787. The molecule has 174 valence electrons. The molecule has 0 aliphatic carbocycles. The molecular weight excluding hydrogens is 468 g/mol. The second kappa shape index (κ2) is 9.09. The molecule has 0 saturated carbocycles. The molecule has 1 atom stereocenters. The number of nitrogens with zero attached hydrogens (tertiary/aromatic N) is 1. The fraction of sp³-hybridized carbons (Fsp3) is 0.111. The predicted molar refractivity (Wildman–Crippen MR) is 131 cm³/mol. The molecule has 1 unspecified atom stereocenters. The predicted octanol–water partition coefficient (Wildman–Crippen LogP) is 5.25. The summed E-state index contributed by atoms with van der Waals surface area (Å²) in [6.45, 7) is 0.183. The quantitative estimate of drug-likeness (QED) is 0.384. The second-order valence-corrected chi connectivity index (χ2v) is 8.30. The highest BCUT2D eigenvalue weighted by Gasteiger charge is 2.35. The number of fused-ring (bicyclic) bond motifs is 3. The van der Waals surface area contributed by atoms with Crippen molar-refractivity contribution in [2.75, 3.05) is 7.11 Å². The van der Waals surface area contributed by atoms with Crippen molar-refractivity contribution >= 4 is 22.6 Å². The molecule has 1 aromatic heterocycles. The van der Waals surface area contributed by atoms with Crippen molar-refractivity contribution in [1.82, 2.24) is 0 Å². The van der Waals surface area contributed by atoms with Gasteiger partial charge in [0.2, 0.25) is 5.88 Å². The molecule has 0 saturated heterocycles. The molecule has 0 amide bonds. The first-order valence-corrected chi connectivity index (χ1v) is 11.1. The van der Waals surface area contributed by atoms with Gasteiger partial charge in [-0.25, -0.2) is 4.79 Å². The van der Waals surface area contributed by atoms with Crippen LogP contribution in [-0.2, 0) is 6.61 Å². The molecule has 7 nitrogen and oxygen atoms in total. The topological polar surface area (TPSA) is 108 Å². The lowest BCUT2D eigenvalue weighted by atomic mass is 9.83. The van der Waals surface area contributed by atoms with Crippen molar-refractivity contribution in [3.05, 3.63) is 110 Å². The van der Waals surface area contributed by atoms with Gasteiger partial charge < -0.3 is 24.4 Å². The van der Waals surface area contributed by atoms with Crippen LogP contribution in [0.4, 0.5) is 0 Å². The number of allylic oxidation sites excluding steroid dienone is 1. The summed E-state index contributed by atoms with van der Waals surface area (Å²) in [6, 6.07) is 21.5. The summed E-state index contributed by atoms with van der Waals surface area (Å²) < 4.78 is 22.8. The molecule has 0 radical (unpaired) electrons. The van der Waals surface area contributed by atoms with Crippen molar-refractivity contribution in [2.45, 2.75) is 12.5 Å². The van der Waals surface area contributed by atoms with E-state index in [1.165, 1.54) is 0 Å². The van der Waals surface area contributed by atoms with E-state index in [0.717, 1.165) is 0 Å². The van der Waals surface area contributed by atoms with Crippen LogP contribution in [0, 0.1) is 11.3 Å². The summed E-state index contributed by atoms with van der Waals surface area (Å²) in [7, 11) is 1.56. The van der Waals surface area contributed by atoms with Crippen LogP contribution in [0.25, 0.3) is 11.0 Å². The first-order chi connectivity index (χ1) is 17.0. The first kappa shape index (κ1) is 22.4. The average molecular weight is 487 g/mol. The van der Waals surface area contributed by atoms with E-state index in [4.69, 9.17) is 36.0 Å². The van der Waals surface area contributed by atoms with Gasteiger partial charge in [-0.2, -0.15) is 5.26 Å². The van der Waals surface area contributed by atoms with Crippen LogP contribution in [0.3, 0.4) is 0 Å². The summed E-state index contributed by atoms with van der Waals surface area (Å²) in [4.78, 5) is 13.1. The van der Waals surface area contributed by atoms with Crippen molar-refractivity contribution in [3.8, 4) is 23.3 Å². The Kier molecular flexibility index (Phi) is 5.81. The van der Waals surface area contributed by atoms with E-state index in [1.807, 2.05) is 6.07 Å². The Balaban J connectivity index is 1.63. The summed E-state index contributed by atoms with van der Waals surface area (Å²) in [5.74, 6) is 0.664. The number of nitriles is 1. The number of hydrogen-bond donors (Lipinski definition) is 1. The molecule has 5 rings (SSSR count). The van der Waals surface area contributed by atoms with Gasteiger partial charge in [0.25, 0.3) is 0 Å². The number of methoxy groups -OCH3 is 1. The molecule has 0 bridgehead atoms. The summed E-state index contributed by atoms with van der Waals surface area (Å²) in [5.41, 5.74) is 7.62. The molecule has 3 aromatic carbocycles. The van der Waals surface area contributed by atoms with E-state index in [2.05, 4.69) is 6.07 Å². The van der Waals surface area contributed by atoms with E-state index in [0.29, 0.717) is 38.6 Å². The third-order valence-electron chi connectivity index (χ3n) is 5.82. The van der Waals surface area contributed by atoms with Crippen LogP contribution in [0.5, 0.6) is 17.2 Å². The lowest BCUT2D eigenvalue weighted by molar-refractivity contribution is 0.296. The van der Waals surface area contributed by atoms with E-state index in [-0.39, 0.29) is 29.4 Å². The number of hydrogen-bond acceptors (Lipinski definition) is 7. The van der Waals surface area contributed by atoms with Gasteiger partial charge in [-0.3, -0.25) is 0 Å².